The second kappa shape index (κ2) is 7.32. The number of rotatable bonds is 5. The summed E-state index contributed by atoms with van der Waals surface area (Å²) in [5.41, 5.74) is -0.00435. The molecule has 0 radical (unpaired) electrons. The molecule has 0 heterocycles. The van der Waals surface area contributed by atoms with Crippen LogP contribution in [0.25, 0.3) is 0 Å². The van der Waals surface area contributed by atoms with Crippen molar-refractivity contribution in [1.29, 1.82) is 5.26 Å². The number of nitrogens with zero attached hydrogens (tertiary/aromatic N) is 1. The first-order valence-corrected chi connectivity index (χ1v) is 4.11. The highest BCUT2D eigenvalue weighted by atomic mass is 16.5. The van der Waals surface area contributed by atoms with Crippen molar-refractivity contribution in [2.24, 2.45) is 0 Å². The minimum Gasteiger partial charge on any atom is -0.462 e. The minimum atomic E-state index is -0.593. The number of hydrogen-bond donors (Lipinski definition) is 0. The van der Waals surface area contributed by atoms with Gasteiger partial charge in [0.2, 0.25) is 0 Å². The molecule has 0 saturated carbocycles. The molecule has 0 aliphatic rings. The lowest BCUT2D eigenvalue weighted by atomic mass is 10.3. The van der Waals surface area contributed by atoms with E-state index in [9.17, 15) is 4.79 Å². The van der Waals surface area contributed by atoms with Gasteiger partial charge < -0.3 is 9.47 Å². The Morgan fingerprint density at radius 3 is 2.62 bits per heavy atom. The van der Waals surface area contributed by atoms with Gasteiger partial charge in [-0.15, -0.1) is 0 Å². The van der Waals surface area contributed by atoms with Crippen molar-refractivity contribution in [2.75, 3.05) is 19.8 Å². The van der Waals surface area contributed by atoms with Gasteiger partial charge >= 0.3 is 5.97 Å². The highest BCUT2D eigenvalue weighted by Crippen LogP contribution is 1.96. The van der Waals surface area contributed by atoms with E-state index in [-0.39, 0.29) is 18.8 Å². The zero-order valence-electron chi connectivity index (χ0n) is 7.87. The van der Waals surface area contributed by atoms with E-state index in [2.05, 4.69) is 4.74 Å². The van der Waals surface area contributed by atoms with Gasteiger partial charge in [0.25, 0.3) is 0 Å². The summed E-state index contributed by atoms with van der Waals surface area (Å²) in [5.74, 6) is -0.593. The smallest absolute Gasteiger partial charge is 0.348 e. The van der Waals surface area contributed by atoms with Crippen molar-refractivity contribution in [3.63, 3.8) is 0 Å². The fraction of sp³-hybridized carbons (Fsp3) is 0.556. The largest absolute Gasteiger partial charge is 0.462 e. The third-order valence-corrected chi connectivity index (χ3v) is 1.23. The molecule has 0 aromatic carbocycles. The second-order valence-electron chi connectivity index (χ2n) is 2.11. The van der Waals surface area contributed by atoms with Crippen molar-refractivity contribution in [2.45, 2.75) is 13.8 Å². The molecule has 0 N–H and O–H groups in total. The molecule has 0 aliphatic carbocycles. The van der Waals surface area contributed by atoms with Crippen LogP contribution in [-0.2, 0) is 14.3 Å². The molecule has 0 unspecified atom stereocenters. The van der Waals surface area contributed by atoms with Crippen molar-refractivity contribution in [3.8, 4) is 6.07 Å². The predicted molar refractivity (Wildman–Crippen MR) is 46.8 cm³/mol. The monoisotopic (exact) mass is 183 g/mol. The summed E-state index contributed by atoms with van der Waals surface area (Å²) in [6.07, 6.45) is 1.42. The maximum atomic E-state index is 11.0. The zero-order valence-corrected chi connectivity index (χ0v) is 7.87. The van der Waals surface area contributed by atoms with Crippen LogP contribution < -0.4 is 0 Å². The Labute approximate surface area is 77.8 Å². The molecule has 0 aromatic heterocycles. The lowest BCUT2D eigenvalue weighted by Gasteiger charge is -1.99. The van der Waals surface area contributed by atoms with Crippen LogP contribution in [0, 0.1) is 11.3 Å². The Balaban J connectivity index is 4.09. The lowest BCUT2D eigenvalue weighted by Crippen LogP contribution is -2.07. The minimum absolute atomic E-state index is 0.00435. The standard InChI is InChI=1S/C9H13NO3/c1-3-12-6-5-8(7-10)9(11)13-4-2/h5H,3-4,6H2,1-2H3/b8-5+. The van der Waals surface area contributed by atoms with E-state index in [0.717, 1.165) is 0 Å². The van der Waals surface area contributed by atoms with Gasteiger partial charge in [-0.25, -0.2) is 4.79 Å². The topological polar surface area (TPSA) is 59.3 Å². The van der Waals surface area contributed by atoms with Gasteiger partial charge in [-0.05, 0) is 19.9 Å². The molecule has 0 atom stereocenters. The molecule has 0 fully saturated rings. The van der Waals surface area contributed by atoms with Gasteiger partial charge in [-0.3, -0.25) is 0 Å². The van der Waals surface area contributed by atoms with E-state index >= 15 is 0 Å². The molecule has 13 heavy (non-hydrogen) atoms. The van der Waals surface area contributed by atoms with Crippen LogP contribution in [0.1, 0.15) is 13.8 Å². The Morgan fingerprint density at radius 1 is 1.46 bits per heavy atom. The Morgan fingerprint density at radius 2 is 2.15 bits per heavy atom. The van der Waals surface area contributed by atoms with Crippen molar-refractivity contribution in [1.82, 2.24) is 0 Å². The van der Waals surface area contributed by atoms with E-state index in [4.69, 9.17) is 10.00 Å². The van der Waals surface area contributed by atoms with Crippen LogP contribution >= 0.6 is 0 Å². The molecule has 0 aliphatic heterocycles. The predicted octanol–water partition coefficient (Wildman–Crippen LogP) is 1.04. The maximum Gasteiger partial charge on any atom is 0.348 e. The molecule has 4 nitrogen and oxygen atoms in total. The van der Waals surface area contributed by atoms with Crippen molar-refractivity contribution in [3.05, 3.63) is 11.6 Å². The van der Waals surface area contributed by atoms with Crippen molar-refractivity contribution < 1.29 is 14.3 Å². The Kier molecular flexibility index (Phi) is 6.56. The molecular weight excluding hydrogens is 170 g/mol. The quantitative estimate of drug-likeness (QED) is 0.276. The molecular formula is C9H13NO3. The van der Waals surface area contributed by atoms with Crippen LogP contribution in [0.3, 0.4) is 0 Å². The summed E-state index contributed by atoms with van der Waals surface area (Å²) in [6.45, 7) is 4.61. The summed E-state index contributed by atoms with van der Waals surface area (Å²) in [4.78, 5) is 11.0. The molecule has 0 amide bonds. The Hall–Kier alpha value is -1.34. The number of nitriles is 1. The highest BCUT2D eigenvalue weighted by Gasteiger charge is 2.08. The van der Waals surface area contributed by atoms with E-state index in [1.54, 1.807) is 13.0 Å². The summed E-state index contributed by atoms with van der Waals surface area (Å²) in [5, 5.41) is 8.55. The summed E-state index contributed by atoms with van der Waals surface area (Å²) in [7, 11) is 0. The maximum absolute atomic E-state index is 11.0. The first-order valence-electron chi connectivity index (χ1n) is 4.11. The molecule has 0 rings (SSSR count). The van der Waals surface area contributed by atoms with E-state index in [1.165, 1.54) is 6.08 Å². The summed E-state index contributed by atoms with van der Waals surface area (Å²) < 4.78 is 9.60. The lowest BCUT2D eigenvalue weighted by molar-refractivity contribution is -0.138. The molecule has 4 heteroatoms. The zero-order chi connectivity index (χ0) is 10.1. The third-order valence-electron chi connectivity index (χ3n) is 1.23. The van der Waals surface area contributed by atoms with Crippen LogP contribution in [-0.4, -0.2) is 25.8 Å². The van der Waals surface area contributed by atoms with Crippen LogP contribution in [0.2, 0.25) is 0 Å². The van der Waals surface area contributed by atoms with Gasteiger partial charge in [0, 0.05) is 6.61 Å². The molecule has 72 valence electrons. The van der Waals surface area contributed by atoms with Gasteiger partial charge in [-0.1, -0.05) is 0 Å². The molecule has 0 bridgehead atoms. The molecule has 0 aromatic rings. The first-order chi connectivity index (χ1) is 6.26. The normalized spacial score (nSPS) is 10.7. The first kappa shape index (κ1) is 11.7. The molecule has 0 spiro atoms. The Bertz CT molecular complexity index is 228. The van der Waals surface area contributed by atoms with E-state index in [0.29, 0.717) is 6.61 Å². The van der Waals surface area contributed by atoms with Gasteiger partial charge in [0.15, 0.2) is 0 Å². The fourth-order valence-electron chi connectivity index (χ4n) is 0.644. The SMILES string of the molecule is CCOC/C=C(\C#N)C(=O)OCC. The van der Waals surface area contributed by atoms with Gasteiger partial charge in [0.05, 0.1) is 13.2 Å². The van der Waals surface area contributed by atoms with Gasteiger partial charge in [0.1, 0.15) is 11.6 Å². The fourth-order valence-corrected chi connectivity index (χ4v) is 0.644. The summed E-state index contributed by atoms with van der Waals surface area (Å²) in [6, 6.07) is 1.75. The van der Waals surface area contributed by atoms with Crippen LogP contribution in [0.5, 0.6) is 0 Å². The number of esters is 1. The number of hydrogen-bond acceptors (Lipinski definition) is 4. The average molecular weight is 183 g/mol. The number of carbonyl (C=O) groups is 1. The average Bonchev–Trinajstić information content (AvgIpc) is 2.13. The summed E-state index contributed by atoms with van der Waals surface area (Å²) >= 11 is 0. The van der Waals surface area contributed by atoms with Crippen LogP contribution in [0.15, 0.2) is 11.6 Å². The second-order valence-corrected chi connectivity index (χ2v) is 2.11. The number of ether oxygens (including phenoxy) is 2. The van der Waals surface area contributed by atoms with E-state index in [1.807, 2.05) is 6.92 Å². The van der Waals surface area contributed by atoms with E-state index < -0.39 is 5.97 Å². The number of carbonyl (C=O) groups excluding carboxylic acids is 1. The van der Waals surface area contributed by atoms with Gasteiger partial charge in [-0.2, -0.15) is 5.26 Å². The highest BCUT2D eigenvalue weighted by molar-refractivity contribution is 5.92. The van der Waals surface area contributed by atoms with Crippen molar-refractivity contribution >= 4 is 5.97 Å². The third kappa shape index (κ3) is 4.99. The molecule has 0 saturated heterocycles. The van der Waals surface area contributed by atoms with Crippen LogP contribution in [0.4, 0.5) is 0 Å².